The number of hydrogen-bond donors (Lipinski definition) is 1. The Morgan fingerprint density at radius 2 is 2.26 bits per heavy atom. The zero-order chi connectivity index (χ0) is 14.0. The van der Waals surface area contributed by atoms with Gasteiger partial charge in [0.15, 0.2) is 0 Å². The van der Waals surface area contributed by atoms with E-state index in [1.807, 2.05) is 0 Å². The standard InChI is InChI=1S/C13H15BrClFN2O/c1-7-12(16)11(15)10(14)8(13(7)17)6-18-9-4-2-3-5-19-9/h6,9H,2-5,17H2,1H3/b18-6+. The summed E-state index contributed by atoms with van der Waals surface area (Å²) in [5.41, 5.74) is 7.18. The van der Waals surface area contributed by atoms with E-state index in [1.165, 1.54) is 0 Å². The van der Waals surface area contributed by atoms with Crippen molar-refractivity contribution in [2.45, 2.75) is 32.4 Å². The van der Waals surface area contributed by atoms with E-state index in [-0.39, 0.29) is 11.3 Å². The highest BCUT2D eigenvalue weighted by Gasteiger charge is 2.17. The second kappa shape index (κ2) is 6.20. The number of anilines is 1. The van der Waals surface area contributed by atoms with Gasteiger partial charge in [0.25, 0.3) is 0 Å². The molecule has 6 heteroatoms. The summed E-state index contributed by atoms with van der Waals surface area (Å²) in [6.07, 6.45) is 4.51. The second-order valence-electron chi connectivity index (χ2n) is 4.49. The molecule has 0 spiro atoms. The van der Waals surface area contributed by atoms with Gasteiger partial charge in [-0.2, -0.15) is 0 Å². The molecule has 0 saturated carbocycles. The Kier molecular flexibility index (Phi) is 4.81. The van der Waals surface area contributed by atoms with Crippen LogP contribution in [0.15, 0.2) is 9.47 Å². The molecule has 0 amide bonds. The van der Waals surface area contributed by atoms with Crippen molar-refractivity contribution in [1.82, 2.24) is 0 Å². The molecule has 0 bridgehead atoms. The lowest BCUT2D eigenvalue weighted by atomic mass is 10.1. The Labute approximate surface area is 125 Å². The van der Waals surface area contributed by atoms with E-state index in [2.05, 4.69) is 20.9 Å². The fourth-order valence-electron chi connectivity index (χ4n) is 1.94. The summed E-state index contributed by atoms with van der Waals surface area (Å²) in [6, 6.07) is 0. The van der Waals surface area contributed by atoms with E-state index in [9.17, 15) is 4.39 Å². The molecule has 2 N–H and O–H groups in total. The number of benzene rings is 1. The van der Waals surface area contributed by atoms with Crippen LogP contribution >= 0.6 is 27.5 Å². The molecule has 1 aliphatic heterocycles. The van der Waals surface area contributed by atoms with Crippen molar-refractivity contribution in [3.05, 3.63) is 26.4 Å². The number of ether oxygens (including phenoxy) is 1. The zero-order valence-corrected chi connectivity index (χ0v) is 12.9. The summed E-state index contributed by atoms with van der Waals surface area (Å²) >= 11 is 9.17. The third-order valence-electron chi connectivity index (χ3n) is 3.17. The van der Waals surface area contributed by atoms with Crippen LogP contribution in [0.1, 0.15) is 30.4 Å². The number of nitrogens with zero attached hydrogens (tertiary/aromatic N) is 1. The number of nitrogen functional groups attached to an aromatic ring is 1. The molecule has 1 aliphatic rings. The third-order valence-corrected chi connectivity index (χ3v) is 4.58. The minimum atomic E-state index is -0.503. The van der Waals surface area contributed by atoms with Gasteiger partial charge >= 0.3 is 0 Å². The highest BCUT2D eigenvalue weighted by molar-refractivity contribution is 9.10. The van der Waals surface area contributed by atoms with E-state index in [0.717, 1.165) is 25.9 Å². The Hall–Kier alpha value is -0.650. The molecule has 1 unspecified atom stereocenters. The van der Waals surface area contributed by atoms with Gasteiger partial charge in [0.05, 0.1) is 5.02 Å². The number of rotatable bonds is 2. The molecule has 2 rings (SSSR count). The predicted molar refractivity (Wildman–Crippen MR) is 79.4 cm³/mol. The van der Waals surface area contributed by atoms with Crippen LogP contribution in [0, 0.1) is 12.7 Å². The molecule has 0 aromatic heterocycles. The number of aliphatic imine (C=N–C) groups is 1. The zero-order valence-electron chi connectivity index (χ0n) is 10.5. The third kappa shape index (κ3) is 3.09. The largest absolute Gasteiger partial charge is 0.398 e. The van der Waals surface area contributed by atoms with E-state index in [0.29, 0.717) is 21.3 Å². The van der Waals surface area contributed by atoms with Crippen molar-refractivity contribution in [2.75, 3.05) is 12.3 Å². The van der Waals surface area contributed by atoms with E-state index >= 15 is 0 Å². The molecule has 1 saturated heterocycles. The number of halogens is 3. The molecule has 1 atom stereocenters. The van der Waals surface area contributed by atoms with Gasteiger partial charge in [-0.1, -0.05) is 11.6 Å². The Balaban J connectivity index is 2.31. The summed E-state index contributed by atoms with van der Waals surface area (Å²) in [5, 5.41) is 0.0257. The quantitative estimate of drug-likeness (QED) is 0.497. The average Bonchev–Trinajstić information content (AvgIpc) is 2.44. The molecule has 3 nitrogen and oxygen atoms in total. The van der Waals surface area contributed by atoms with E-state index < -0.39 is 5.82 Å². The van der Waals surface area contributed by atoms with Crippen LogP contribution in [-0.4, -0.2) is 19.0 Å². The molecule has 1 aromatic rings. The maximum atomic E-state index is 13.7. The van der Waals surface area contributed by atoms with Gasteiger partial charge in [-0.05, 0) is 42.1 Å². The smallest absolute Gasteiger partial charge is 0.148 e. The Morgan fingerprint density at radius 3 is 2.89 bits per heavy atom. The van der Waals surface area contributed by atoms with Crippen LogP contribution < -0.4 is 5.73 Å². The van der Waals surface area contributed by atoms with Crippen molar-refractivity contribution in [2.24, 2.45) is 4.99 Å². The van der Waals surface area contributed by atoms with Gasteiger partial charge in [0, 0.05) is 34.1 Å². The first-order valence-corrected chi connectivity index (χ1v) is 7.26. The van der Waals surface area contributed by atoms with Gasteiger partial charge in [-0.3, -0.25) is 4.99 Å². The summed E-state index contributed by atoms with van der Waals surface area (Å²) in [5.74, 6) is -0.503. The van der Waals surface area contributed by atoms with E-state index in [1.54, 1.807) is 13.1 Å². The molecule has 0 aliphatic carbocycles. The Morgan fingerprint density at radius 1 is 1.53 bits per heavy atom. The lowest BCUT2D eigenvalue weighted by Gasteiger charge is -2.19. The summed E-state index contributed by atoms with van der Waals surface area (Å²) in [4.78, 5) is 4.35. The topological polar surface area (TPSA) is 47.6 Å². The minimum absolute atomic E-state index is 0.0257. The Bertz CT molecular complexity index is 487. The maximum Gasteiger partial charge on any atom is 0.148 e. The highest BCUT2D eigenvalue weighted by Crippen LogP contribution is 2.35. The fourth-order valence-corrected chi connectivity index (χ4v) is 2.68. The second-order valence-corrected chi connectivity index (χ2v) is 5.66. The van der Waals surface area contributed by atoms with Crippen LogP contribution in [-0.2, 0) is 4.74 Å². The molecule has 0 radical (unpaired) electrons. The predicted octanol–water partition coefficient (Wildman–Crippen LogP) is 4.08. The molecular weight excluding hydrogens is 335 g/mol. The van der Waals surface area contributed by atoms with Gasteiger partial charge < -0.3 is 10.5 Å². The summed E-state index contributed by atoms with van der Waals surface area (Å²) < 4.78 is 19.6. The molecule has 1 heterocycles. The van der Waals surface area contributed by atoms with Crippen LogP contribution in [0.4, 0.5) is 10.1 Å². The average molecular weight is 350 g/mol. The number of nitrogens with two attached hydrogens (primary N) is 1. The van der Waals surface area contributed by atoms with Crippen LogP contribution in [0.3, 0.4) is 0 Å². The van der Waals surface area contributed by atoms with Crippen molar-refractivity contribution < 1.29 is 9.13 Å². The van der Waals surface area contributed by atoms with Crippen molar-refractivity contribution in [3.8, 4) is 0 Å². The highest BCUT2D eigenvalue weighted by atomic mass is 79.9. The lowest BCUT2D eigenvalue weighted by molar-refractivity contribution is 0.0227. The van der Waals surface area contributed by atoms with Crippen LogP contribution in [0.25, 0.3) is 0 Å². The van der Waals surface area contributed by atoms with Crippen molar-refractivity contribution in [3.63, 3.8) is 0 Å². The SMILES string of the molecule is Cc1c(N)c(/C=N/C2CCCCO2)c(Br)c(Cl)c1F. The normalized spacial score (nSPS) is 20.1. The first-order valence-electron chi connectivity index (χ1n) is 6.09. The molecule has 19 heavy (non-hydrogen) atoms. The molecule has 1 fully saturated rings. The van der Waals surface area contributed by atoms with Gasteiger partial charge in [0.2, 0.25) is 0 Å². The van der Waals surface area contributed by atoms with Crippen LogP contribution in [0.5, 0.6) is 0 Å². The number of hydrogen-bond acceptors (Lipinski definition) is 3. The van der Waals surface area contributed by atoms with Crippen LogP contribution in [0.2, 0.25) is 5.02 Å². The molecule has 1 aromatic carbocycles. The van der Waals surface area contributed by atoms with Gasteiger partial charge in [-0.25, -0.2) is 4.39 Å². The summed E-state index contributed by atoms with van der Waals surface area (Å²) in [7, 11) is 0. The molecule has 104 valence electrons. The monoisotopic (exact) mass is 348 g/mol. The first kappa shape index (κ1) is 14.8. The maximum absolute atomic E-state index is 13.7. The first-order chi connectivity index (χ1) is 9.02. The fraction of sp³-hybridized carbons (Fsp3) is 0.462. The van der Waals surface area contributed by atoms with Gasteiger partial charge in [0.1, 0.15) is 12.0 Å². The lowest BCUT2D eigenvalue weighted by Crippen LogP contribution is -2.17. The van der Waals surface area contributed by atoms with Crippen molar-refractivity contribution in [1.29, 1.82) is 0 Å². The van der Waals surface area contributed by atoms with E-state index in [4.69, 9.17) is 22.1 Å². The summed E-state index contributed by atoms with van der Waals surface area (Å²) in [6.45, 7) is 2.32. The minimum Gasteiger partial charge on any atom is -0.398 e. The van der Waals surface area contributed by atoms with Crippen molar-refractivity contribution >= 4 is 39.4 Å². The molecular formula is C13H15BrClFN2O. The van der Waals surface area contributed by atoms with Gasteiger partial charge in [-0.15, -0.1) is 0 Å².